The predicted molar refractivity (Wildman–Crippen MR) is 75.0 cm³/mol. The van der Waals surface area contributed by atoms with Crippen molar-refractivity contribution >= 4 is 11.4 Å². The van der Waals surface area contributed by atoms with Crippen LogP contribution in [0.25, 0.3) is 0 Å². The van der Waals surface area contributed by atoms with E-state index < -0.39 is 0 Å². The summed E-state index contributed by atoms with van der Waals surface area (Å²) >= 11 is 0. The Hall–Kier alpha value is -2.24. The van der Waals surface area contributed by atoms with Gasteiger partial charge in [0.15, 0.2) is 0 Å². The van der Waals surface area contributed by atoms with Crippen molar-refractivity contribution in [2.75, 3.05) is 11.1 Å². The Kier molecular flexibility index (Phi) is 3.89. The molecule has 0 radical (unpaired) electrons. The molecule has 1 atom stereocenters. The number of aromatic nitrogens is 3. The molecule has 0 bridgehead atoms. The number of benzene rings is 1. The highest BCUT2D eigenvalue weighted by molar-refractivity contribution is 5.61. The van der Waals surface area contributed by atoms with Crippen LogP contribution in [-0.4, -0.2) is 21.3 Å². The summed E-state index contributed by atoms with van der Waals surface area (Å²) in [5.74, 6) is 1.47. The first kappa shape index (κ1) is 13.2. The maximum Gasteiger partial charge on any atom is 0.146 e. The summed E-state index contributed by atoms with van der Waals surface area (Å²) in [6.07, 6.45) is 1.58. The van der Waals surface area contributed by atoms with Crippen LogP contribution in [0, 0.1) is 0 Å². The second-order valence-electron chi connectivity index (χ2n) is 4.66. The fraction of sp³-hybridized carbons (Fsp3) is 0.385. The Balaban J connectivity index is 2.12. The summed E-state index contributed by atoms with van der Waals surface area (Å²) in [6.45, 7) is 5.94. The standard InChI is InChI=1S/C13H19N5O/c1-8(2)19-12-6-10(4-5-11(12)14)17-9(3)13-15-7-16-18-13/h4-9,17H,14H2,1-3H3,(H,15,16,18). The zero-order valence-electron chi connectivity index (χ0n) is 11.3. The minimum atomic E-state index is 0.0259. The quantitative estimate of drug-likeness (QED) is 0.719. The van der Waals surface area contributed by atoms with E-state index in [0.717, 1.165) is 11.5 Å². The van der Waals surface area contributed by atoms with Crippen LogP contribution in [0.15, 0.2) is 24.5 Å². The van der Waals surface area contributed by atoms with Crippen molar-refractivity contribution in [3.63, 3.8) is 0 Å². The molecule has 1 heterocycles. The molecule has 2 aromatic rings. The Bertz CT molecular complexity index is 524. The van der Waals surface area contributed by atoms with Gasteiger partial charge in [-0.15, -0.1) is 0 Å². The molecule has 0 aliphatic carbocycles. The van der Waals surface area contributed by atoms with E-state index in [2.05, 4.69) is 20.5 Å². The smallest absolute Gasteiger partial charge is 0.146 e. The monoisotopic (exact) mass is 261 g/mol. The molecule has 1 aromatic carbocycles. The van der Waals surface area contributed by atoms with Crippen molar-refractivity contribution < 1.29 is 4.74 Å². The van der Waals surface area contributed by atoms with Crippen LogP contribution in [0.1, 0.15) is 32.6 Å². The molecular formula is C13H19N5O. The lowest BCUT2D eigenvalue weighted by Crippen LogP contribution is -2.10. The summed E-state index contributed by atoms with van der Waals surface area (Å²) in [7, 11) is 0. The normalized spacial score (nSPS) is 12.4. The fourth-order valence-corrected chi connectivity index (χ4v) is 1.72. The van der Waals surface area contributed by atoms with E-state index in [1.54, 1.807) is 0 Å². The Morgan fingerprint density at radius 2 is 2.11 bits per heavy atom. The van der Waals surface area contributed by atoms with Crippen LogP contribution < -0.4 is 15.8 Å². The van der Waals surface area contributed by atoms with Crippen LogP contribution in [0.5, 0.6) is 5.75 Å². The molecule has 0 amide bonds. The highest BCUT2D eigenvalue weighted by Gasteiger charge is 2.10. The van der Waals surface area contributed by atoms with Gasteiger partial charge in [-0.2, -0.15) is 5.10 Å². The minimum absolute atomic E-state index is 0.0259. The number of nitrogen functional groups attached to an aromatic ring is 1. The highest BCUT2D eigenvalue weighted by Crippen LogP contribution is 2.28. The summed E-state index contributed by atoms with van der Waals surface area (Å²) in [5.41, 5.74) is 7.44. The Morgan fingerprint density at radius 3 is 2.74 bits per heavy atom. The van der Waals surface area contributed by atoms with Gasteiger partial charge in [-0.05, 0) is 32.9 Å². The highest BCUT2D eigenvalue weighted by atomic mass is 16.5. The molecule has 19 heavy (non-hydrogen) atoms. The lowest BCUT2D eigenvalue weighted by molar-refractivity contribution is 0.244. The molecule has 4 N–H and O–H groups in total. The van der Waals surface area contributed by atoms with Crippen LogP contribution in [0.2, 0.25) is 0 Å². The number of nitrogens with zero attached hydrogens (tertiary/aromatic N) is 2. The van der Waals surface area contributed by atoms with Gasteiger partial charge < -0.3 is 15.8 Å². The number of aromatic amines is 1. The fourth-order valence-electron chi connectivity index (χ4n) is 1.72. The summed E-state index contributed by atoms with van der Waals surface area (Å²) in [6, 6.07) is 5.66. The summed E-state index contributed by atoms with van der Waals surface area (Å²) in [5, 5.41) is 9.99. The van der Waals surface area contributed by atoms with E-state index in [-0.39, 0.29) is 12.1 Å². The van der Waals surface area contributed by atoms with E-state index in [9.17, 15) is 0 Å². The lowest BCUT2D eigenvalue weighted by atomic mass is 10.2. The van der Waals surface area contributed by atoms with Gasteiger partial charge in [-0.1, -0.05) is 0 Å². The van der Waals surface area contributed by atoms with Crippen LogP contribution in [-0.2, 0) is 0 Å². The molecule has 1 aromatic heterocycles. The molecule has 1 unspecified atom stereocenters. The average molecular weight is 261 g/mol. The molecule has 0 aliphatic rings. The molecule has 6 heteroatoms. The first-order valence-corrected chi connectivity index (χ1v) is 6.24. The Morgan fingerprint density at radius 1 is 1.32 bits per heavy atom. The van der Waals surface area contributed by atoms with Gasteiger partial charge in [0.1, 0.15) is 17.9 Å². The first-order chi connectivity index (χ1) is 9.06. The number of hydrogen-bond acceptors (Lipinski definition) is 5. The number of rotatable bonds is 5. The van der Waals surface area contributed by atoms with Crippen molar-refractivity contribution in [3.05, 3.63) is 30.4 Å². The van der Waals surface area contributed by atoms with Gasteiger partial charge in [0.2, 0.25) is 0 Å². The maximum atomic E-state index is 5.88. The maximum absolute atomic E-state index is 5.88. The van der Waals surface area contributed by atoms with Gasteiger partial charge in [0.05, 0.1) is 17.8 Å². The molecule has 0 saturated heterocycles. The number of ether oxygens (including phenoxy) is 1. The molecule has 2 rings (SSSR count). The van der Waals surface area contributed by atoms with Crippen molar-refractivity contribution in [1.82, 2.24) is 15.2 Å². The molecule has 6 nitrogen and oxygen atoms in total. The van der Waals surface area contributed by atoms with Crippen molar-refractivity contribution in [2.24, 2.45) is 0 Å². The second kappa shape index (κ2) is 5.60. The number of anilines is 2. The second-order valence-corrected chi connectivity index (χ2v) is 4.66. The van der Waals surface area contributed by atoms with Crippen LogP contribution >= 0.6 is 0 Å². The first-order valence-electron chi connectivity index (χ1n) is 6.24. The molecule has 0 spiro atoms. The van der Waals surface area contributed by atoms with Gasteiger partial charge >= 0.3 is 0 Å². The molecule has 0 fully saturated rings. The van der Waals surface area contributed by atoms with Crippen molar-refractivity contribution in [3.8, 4) is 5.75 Å². The van der Waals surface area contributed by atoms with Crippen LogP contribution in [0.4, 0.5) is 11.4 Å². The minimum Gasteiger partial charge on any atom is -0.489 e. The summed E-state index contributed by atoms with van der Waals surface area (Å²) in [4.78, 5) is 4.12. The van der Waals surface area contributed by atoms with E-state index >= 15 is 0 Å². The van der Waals surface area contributed by atoms with E-state index in [1.165, 1.54) is 6.33 Å². The topological polar surface area (TPSA) is 88.8 Å². The average Bonchev–Trinajstić information content (AvgIpc) is 2.86. The largest absolute Gasteiger partial charge is 0.489 e. The van der Waals surface area contributed by atoms with Gasteiger partial charge in [0, 0.05) is 11.8 Å². The zero-order chi connectivity index (χ0) is 13.8. The molecule has 102 valence electrons. The zero-order valence-corrected chi connectivity index (χ0v) is 11.3. The number of nitrogens with two attached hydrogens (primary N) is 1. The molecule has 0 saturated carbocycles. The summed E-state index contributed by atoms with van der Waals surface area (Å²) < 4.78 is 5.66. The van der Waals surface area contributed by atoms with Crippen molar-refractivity contribution in [1.29, 1.82) is 0 Å². The number of H-pyrrole nitrogens is 1. The third kappa shape index (κ3) is 3.37. The van der Waals surface area contributed by atoms with Gasteiger partial charge in [-0.3, -0.25) is 5.10 Å². The third-order valence-electron chi connectivity index (χ3n) is 2.60. The number of nitrogens with one attached hydrogen (secondary N) is 2. The van der Waals surface area contributed by atoms with E-state index in [4.69, 9.17) is 10.5 Å². The van der Waals surface area contributed by atoms with Crippen molar-refractivity contribution in [2.45, 2.75) is 32.9 Å². The van der Waals surface area contributed by atoms with E-state index in [1.807, 2.05) is 39.0 Å². The SMILES string of the molecule is CC(C)Oc1cc(NC(C)c2ncn[nH]2)ccc1N. The molecule has 0 aliphatic heterocycles. The van der Waals surface area contributed by atoms with Gasteiger partial charge in [0.25, 0.3) is 0 Å². The molecular weight excluding hydrogens is 242 g/mol. The lowest BCUT2D eigenvalue weighted by Gasteiger charge is -2.16. The van der Waals surface area contributed by atoms with Crippen LogP contribution in [0.3, 0.4) is 0 Å². The Labute approximate surface area is 112 Å². The predicted octanol–water partition coefficient (Wildman–Crippen LogP) is 2.35. The number of hydrogen-bond donors (Lipinski definition) is 3. The third-order valence-corrected chi connectivity index (χ3v) is 2.60. The van der Waals surface area contributed by atoms with Gasteiger partial charge in [-0.25, -0.2) is 4.98 Å². The van der Waals surface area contributed by atoms with E-state index in [0.29, 0.717) is 11.4 Å².